The van der Waals surface area contributed by atoms with Crippen LogP contribution in [0.3, 0.4) is 0 Å². The topological polar surface area (TPSA) is 101 Å². The smallest absolute Gasteiger partial charge is 0.345 e. The van der Waals surface area contributed by atoms with E-state index in [9.17, 15) is 9.59 Å². The summed E-state index contributed by atoms with van der Waals surface area (Å²) in [6, 6.07) is 0. The fourth-order valence-corrected chi connectivity index (χ4v) is 0.440. The van der Waals surface area contributed by atoms with Crippen molar-refractivity contribution in [2.75, 3.05) is 0 Å². The van der Waals surface area contributed by atoms with Crippen molar-refractivity contribution in [3.05, 3.63) is 23.9 Å². The van der Waals surface area contributed by atoms with Gasteiger partial charge < -0.3 is 15.9 Å². The van der Waals surface area contributed by atoms with E-state index in [1.807, 2.05) is 0 Å². The summed E-state index contributed by atoms with van der Waals surface area (Å²) in [7, 11) is 0. The molecule has 0 saturated heterocycles. The number of carbonyl (C=O) groups is 2. The zero-order valence-electron chi connectivity index (χ0n) is 5.57. The van der Waals surface area contributed by atoms with Crippen LogP contribution in [0.5, 0.6) is 0 Å². The molecule has 0 aromatic rings. The van der Waals surface area contributed by atoms with Gasteiger partial charge in [-0.2, -0.15) is 0 Å². The van der Waals surface area contributed by atoms with Gasteiger partial charge in [-0.25, -0.2) is 9.59 Å². The molecule has 5 heteroatoms. The highest BCUT2D eigenvalue weighted by Gasteiger charge is 2.18. The van der Waals surface area contributed by atoms with Crippen molar-refractivity contribution in [1.82, 2.24) is 0 Å². The Bertz CT molecular complexity index is 225. The standard InChI is InChI=1S/C6H7NO4/c1-2-3(7)4(5(8)9)6(10)11/h2H,1,7H2,(H,8,9)(H,10,11). The molecule has 0 spiro atoms. The lowest BCUT2D eigenvalue weighted by molar-refractivity contribution is -0.140. The summed E-state index contributed by atoms with van der Waals surface area (Å²) in [6.45, 7) is 3.14. The fourth-order valence-electron chi connectivity index (χ4n) is 0.440. The van der Waals surface area contributed by atoms with Crippen molar-refractivity contribution in [3.63, 3.8) is 0 Å². The van der Waals surface area contributed by atoms with Crippen LogP contribution in [0.25, 0.3) is 0 Å². The molecule has 0 atom stereocenters. The number of carboxylic acids is 2. The molecule has 0 aromatic carbocycles. The second-order valence-electron chi connectivity index (χ2n) is 1.64. The van der Waals surface area contributed by atoms with Crippen LogP contribution in [-0.2, 0) is 9.59 Å². The Morgan fingerprint density at radius 3 is 1.73 bits per heavy atom. The Balaban J connectivity index is 5.04. The van der Waals surface area contributed by atoms with E-state index in [0.717, 1.165) is 6.08 Å². The molecule has 0 heterocycles. The molecule has 0 aliphatic rings. The van der Waals surface area contributed by atoms with Gasteiger partial charge in [0, 0.05) is 0 Å². The van der Waals surface area contributed by atoms with Crippen LogP contribution in [0.1, 0.15) is 0 Å². The first kappa shape index (κ1) is 9.22. The van der Waals surface area contributed by atoms with E-state index in [4.69, 9.17) is 15.9 Å². The molecule has 0 radical (unpaired) electrons. The van der Waals surface area contributed by atoms with Crippen LogP contribution < -0.4 is 5.73 Å². The Morgan fingerprint density at radius 1 is 1.27 bits per heavy atom. The minimum atomic E-state index is -1.57. The number of hydrogen-bond acceptors (Lipinski definition) is 3. The van der Waals surface area contributed by atoms with E-state index in [1.165, 1.54) is 0 Å². The predicted molar refractivity (Wildman–Crippen MR) is 36.7 cm³/mol. The van der Waals surface area contributed by atoms with Gasteiger partial charge in [0.05, 0.1) is 5.70 Å². The molecule has 0 aromatic heterocycles. The zero-order chi connectivity index (χ0) is 9.02. The van der Waals surface area contributed by atoms with Gasteiger partial charge in [-0.1, -0.05) is 6.58 Å². The minimum absolute atomic E-state index is 0.356. The van der Waals surface area contributed by atoms with Crippen LogP contribution in [0.4, 0.5) is 0 Å². The molecule has 60 valence electrons. The van der Waals surface area contributed by atoms with Crippen LogP contribution in [0, 0.1) is 0 Å². The van der Waals surface area contributed by atoms with Gasteiger partial charge in [-0.05, 0) is 6.08 Å². The van der Waals surface area contributed by atoms with Gasteiger partial charge in [0.25, 0.3) is 0 Å². The van der Waals surface area contributed by atoms with Crippen molar-refractivity contribution < 1.29 is 19.8 Å². The van der Waals surface area contributed by atoms with E-state index in [2.05, 4.69) is 6.58 Å². The van der Waals surface area contributed by atoms with Gasteiger partial charge in [0.1, 0.15) is 0 Å². The third-order valence-corrected chi connectivity index (χ3v) is 0.936. The van der Waals surface area contributed by atoms with Crippen molar-refractivity contribution >= 4 is 11.9 Å². The van der Waals surface area contributed by atoms with Crippen molar-refractivity contribution in [2.24, 2.45) is 5.73 Å². The highest BCUT2D eigenvalue weighted by atomic mass is 16.4. The Hall–Kier alpha value is -1.78. The Kier molecular flexibility index (Phi) is 2.85. The van der Waals surface area contributed by atoms with Crippen LogP contribution >= 0.6 is 0 Å². The lowest BCUT2D eigenvalue weighted by Crippen LogP contribution is -2.16. The summed E-state index contributed by atoms with van der Waals surface area (Å²) in [4.78, 5) is 20.3. The Labute approximate surface area is 62.4 Å². The van der Waals surface area contributed by atoms with E-state index in [1.54, 1.807) is 0 Å². The van der Waals surface area contributed by atoms with Crippen molar-refractivity contribution in [1.29, 1.82) is 0 Å². The van der Waals surface area contributed by atoms with Gasteiger partial charge in [0.15, 0.2) is 5.57 Å². The molecule has 0 aliphatic heterocycles. The zero-order valence-corrected chi connectivity index (χ0v) is 5.57. The van der Waals surface area contributed by atoms with Gasteiger partial charge in [0.2, 0.25) is 0 Å². The third kappa shape index (κ3) is 2.13. The Morgan fingerprint density at radius 2 is 1.64 bits per heavy atom. The van der Waals surface area contributed by atoms with Crippen LogP contribution in [0.15, 0.2) is 23.9 Å². The SMILES string of the molecule is C=CC(N)=C(C(=O)O)C(=O)O. The lowest BCUT2D eigenvalue weighted by atomic mass is 10.2. The lowest BCUT2D eigenvalue weighted by Gasteiger charge is -1.96. The van der Waals surface area contributed by atoms with Gasteiger partial charge in [-0.15, -0.1) is 0 Å². The van der Waals surface area contributed by atoms with E-state index < -0.39 is 17.5 Å². The summed E-state index contributed by atoms with van der Waals surface area (Å²) in [5, 5.41) is 16.6. The maximum absolute atomic E-state index is 10.2. The molecule has 0 rings (SSSR count). The second-order valence-corrected chi connectivity index (χ2v) is 1.64. The van der Waals surface area contributed by atoms with Crippen LogP contribution in [0.2, 0.25) is 0 Å². The van der Waals surface area contributed by atoms with Crippen molar-refractivity contribution in [3.8, 4) is 0 Å². The number of carboxylic acid groups (broad SMARTS) is 2. The summed E-state index contributed by atoms with van der Waals surface area (Å²) in [5.41, 5.74) is 3.80. The molecule has 0 unspecified atom stereocenters. The number of nitrogens with two attached hydrogens (primary N) is 1. The van der Waals surface area contributed by atoms with E-state index in [-0.39, 0.29) is 5.70 Å². The second kappa shape index (κ2) is 3.40. The number of hydrogen-bond donors (Lipinski definition) is 3. The summed E-state index contributed by atoms with van der Waals surface area (Å²) in [5.74, 6) is -3.15. The average Bonchev–Trinajstić information content (AvgIpc) is 1.85. The van der Waals surface area contributed by atoms with Crippen LogP contribution in [-0.4, -0.2) is 22.2 Å². The van der Waals surface area contributed by atoms with E-state index >= 15 is 0 Å². The van der Waals surface area contributed by atoms with Gasteiger partial charge >= 0.3 is 11.9 Å². The molecule has 11 heavy (non-hydrogen) atoms. The fraction of sp³-hybridized carbons (Fsp3) is 0. The summed E-state index contributed by atoms with van der Waals surface area (Å²) < 4.78 is 0. The molecule has 0 bridgehead atoms. The molecule has 5 nitrogen and oxygen atoms in total. The third-order valence-electron chi connectivity index (χ3n) is 0.936. The first-order valence-electron chi connectivity index (χ1n) is 2.59. The minimum Gasteiger partial charge on any atom is -0.477 e. The highest BCUT2D eigenvalue weighted by molar-refractivity contribution is 6.13. The molecule has 0 fully saturated rings. The molecule has 0 amide bonds. The quantitative estimate of drug-likeness (QED) is 0.223. The number of allylic oxidation sites excluding steroid dienone is 1. The normalized spacial score (nSPS) is 8.36. The maximum atomic E-state index is 10.2. The summed E-state index contributed by atoms with van der Waals surface area (Å²) in [6.07, 6.45) is 0.970. The van der Waals surface area contributed by atoms with Crippen molar-refractivity contribution in [2.45, 2.75) is 0 Å². The highest BCUT2D eigenvalue weighted by Crippen LogP contribution is 1.99. The molecule has 4 N–H and O–H groups in total. The van der Waals surface area contributed by atoms with Gasteiger partial charge in [-0.3, -0.25) is 0 Å². The molecular weight excluding hydrogens is 150 g/mol. The van der Waals surface area contributed by atoms with E-state index in [0.29, 0.717) is 0 Å². The first-order chi connectivity index (χ1) is 5.00. The number of aliphatic carboxylic acids is 2. The predicted octanol–water partition coefficient (Wildman–Crippen LogP) is -0.446. The molecule has 0 aliphatic carbocycles. The molecular formula is C6H7NO4. The number of rotatable bonds is 3. The largest absolute Gasteiger partial charge is 0.477 e. The monoisotopic (exact) mass is 157 g/mol. The summed E-state index contributed by atoms with van der Waals surface area (Å²) >= 11 is 0. The average molecular weight is 157 g/mol. The first-order valence-corrected chi connectivity index (χ1v) is 2.59. The molecule has 0 saturated carbocycles. The maximum Gasteiger partial charge on any atom is 0.345 e.